The van der Waals surface area contributed by atoms with Gasteiger partial charge < -0.3 is 9.47 Å². The third kappa shape index (κ3) is 5.39. The molecule has 2 aliphatic rings. The highest BCUT2D eigenvalue weighted by Crippen LogP contribution is 2.65. The number of sulfonamides is 1. The van der Waals surface area contributed by atoms with Crippen LogP contribution in [0.2, 0.25) is 5.02 Å². The highest BCUT2D eigenvalue weighted by Gasteiger charge is 2.63. The van der Waals surface area contributed by atoms with Crippen molar-refractivity contribution in [3.8, 4) is 0 Å². The second-order valence-electron chi connectivity index (χ2n) is 12.0. The molecule has 0 spiro atoms. The van der Waals surface area contributed by atoms with E-state index in [1.165, 1.54) is 11.6 Å². The fourth-order valence-electron chi connectivity index (χ4n) is 6.50. The molecular formula is C33H35ClN4O3S. The number of fused-ring (bicyclic) bond motifs is 1. The van der Waals surface area contributed by atoms with Gasteiger partial charge in [-0.05, 0) is 71.7 Å². The van der Waals surface area contributed by atoms with Gasteiger partial charge >= 0.3 is 0 Å². The van der Waals surface area contributed by atoms with Crippen molar-refractivity contribution in [3.05, 3.63) is 113 Å². The van der Waals surface area contributed by atoms with E-state index in [2.05, 4.69) is 35.7 Å². The third-order valence-corrected chi connectivity index (χ3v) is 10.6. The summed E-state index contributed by atoms with van der Waals surface area (Å²) in [5.74, 6) is 0.746. The zero-order chi connectivity index (χ0) is 29.6. The number of nitrogens with zero attached hydrogens (tertiary/aromatic N) is 3. The molecule has 3 atom stereocenters. The Hall–Kier alpha value is -3.46. The minimum absolute atomic E-state index is 0.0451. The van der Waals surface area contributed by atoms with Crippen molar-refractivity contribution in [2.24, 2.45) is 18.4 Å². The summed E-state index contributed by atoms with van der Waals surface area (Å²) in [4.78, 5) is 20.9. The molecule has 1 aromatic heterocycles. The molecule has 0 bridgehead atoms. The zero-order valence-electron chi connectivity index (χ0n) is 24.0. The van der Waals surface area contributed by atoms with E-state index >= 15 is 0 Å². The number of nitrogens with one attached hydrogen (secondary N) is 1. The van der Waals surface area contributed by atoms with Crippen LogP contribution < -0.4 is 9.62 Å². The summed E-state index contributed by atoms with van der Waals surface area (Å²) >= 11 is 6.09. The van der Waals surface area contributed by atoms with Crippen LogP contribution in [0.5, 0.6) is 0 Å². The van der Waals surface area contributed by atoms with E-state index in [1.54, 1.807) is 24.4 Å². The molecule has 0 unspecified atom stereocenters. The Balaban J connectivity index is 1.35. The smallest absolute Gasteiger partial charge is 0.241 e. The van der Waals surface area contributed by atoms with E-state index in [-0.39, 0.29) is 28.1 Å². The maximum absolute atomic E-state index is 14.4. The fraction of sp³-hybridized carbons (Fsp3) is 0.333. The van der Waals surface area contributed by atoms with Gasteiger partial charge in [0, 0.05) is 42.1 Å². The molecule has 0 saturated heterocycles. The number of amides is 1. The third-order valence-electron chi connectivity index (χ3n) is 8.90. The molecule has 1 N–H and O–H groups in total. The molecule has 7 nitrogen and oxygen atoms in total. The van der Waals surface area contributed by atoms with Gasteiger partial charge in [0.1, 0.15) is 5.82 Å². The maximum Gasteiger partial charge on any atom is 0.241 e. The number of aryl methyl sites for hydroxylation is 2. The van der Waals surface area contributed by atoms with Crippen molar-refractivity contribution < 1.29 is 13.2 Å². The SMILES string of the molecule is Cn1ccnc1CN(C(=O)[C@H]1[C@H](c2ccccc2)C1(C)C)c1ccc2c(c1)[C@H](NS(=O)(=O)c1cccc(Cl)c1)CCC2. The molecule has 4 aromatic rings. The molecule has 0 radical (unpaired) electrons. The monoisotopic (exact) mass is 602 g/mol. The van der Waals surface area contributed by atoms with E-state index in [0.717, 1.165) is 35.5 Å². The van der Waals surface area contributed by atoms with Crippen LogP contribution >= 0.6 is 11.6 Å². The number of benzene rings is 3. The minimum atomic E-state index is -3.81. The Kier molecular flexibility index (Phi) is 7.50. The molecule has 9 heteroatoms. The van der Waals surface area contributed by atoms with Gasteiger partial charge in [0.2, 0.25) is 15.9 Å². The number of halogens is 1. The van der Waals surface area contributed by atoms with Crippen LogP contribution in [0.3, 0.4) is 0 Å². The highest BCUT2D eigenvalue weighted by atomic mass is 35.5. The summed E-state index contributed by atoms with van der Waals surface area (Å²) in [6.45, 7) is 4.62. The zero-order valence-corrected chi connectivity index (χ0v) is 25.6. The van der Waals surface area contributed by atoms with Crippen LogP contribution in [0.4, 0.5) is 5.69 Å². The number of hydrogen-bond donors (Lipinski definition) is 1. The summed E-state index contributed by atoms with van der Waals surface area (Å²) in [7, 11) is -1.88. The second-order valence-corrected chi connectivity index (χ2v) is 14.1. The second kappa shape index (κ2) is 11.0. The van der Waals surface area contributed by atoms with Gasteiger partial charge in [0.15, 0.2) is 0 Å². The summed E-state index contributed by atoms with van der Waals surface area (Å²) < 4.78 is 31.5. The largest absolute Gasteiger partial charge is 0.337 e. The standard InChI is InChI=1S/C33H35ClN4O3S/c1-33(2)30(23-9-5-4-6-10-23)31(33)32(39)38(21-29-35-17-18-37(29)3)25-16-15-22-11-7-14-28(27(22)20-25)36-42(40,41)26-13-8-12-24(34)19-26/h4-6,8-10,12-13,15-20,28,30-31,36H,7,11,14,21H2,1-3H3/t28-,30+,31-/m1/s1. The van der Waals surface area contributed by atoms with E-state index < -0.39 is 16.1 Å². The minimum Gasteiger partial charge on any atom is -0.337 e. The fourth-order valence-corrected chi connectivity index (χ4v) is 8.05. The first-order chi connectivity index (χ1) is 20.1. The molecule has 1 fully saturated rings. The van der Waals surface area contributed by atoms with Gasteiger partial charge in [0.05, 0.1) is 17.4 Å². The molecule has 0 aliphatic heterocycles. The van der Waals surface area contributed by atoms with Crippen molar-refractivity contribution in [3.63, 3.8) is 0 Å². The first kappa shape index (κ1) is 28.6. The average Bonchev–Trinajstić information content (AvgIpc) is 3.32. The highest BCUT2D eigenvalue weighted by molar-refractivity contribution is 7.89. The molecule has 3 aromatic carbocycles. The summed E-state index contributed by atoms with van der Waals surface area (Å²) in [6.07, 6.45) is 5.98. The molecule has 1 saturated carbocycles. The number of imidazole rings is 1. The van der Waals surface area contributed by atoms with Gasteiger partial charge in [-0.2, -0.15) is 0 Å². The average molecular weight is 603 g/mol. The topological polar surface area (TPSA) is 84.3 Å². The van der Waals surface area contributed by atoms with Gasteiger partial charge in [-0.3, -0.25) is 4.79 Å². The van der Waals surface area contributed by atoms with Crippen LogP contribution in [0.15, 0.2) is 90.1 Å². The van der Waals surface area contributed by atoms with Crippen molar-refractivity contribution in [2.75, 3.05) is 4.90 Å². The van der Waals surface area contributed by atoms with Crippen molar-refractivity contribution >= 4 is 33.2 Å². The number of anilines is 1. The van der Waals surface area contributed by atoms with E-state index in [9.17, 15) is 13.2 Å². The van der Waals surface area contributed by atoms with Gasteiger partial charge in [-0.25, -0.2) is 18.1 Å². The number of carbonyl (C=O) groups excluding carboxylic acids is 1. The molecule has 6 rings (SSSR count). The summed E-state index contributed by atoms with van der Waals surface area (Å²) in [5, 5.41) is 0.365. The lowest BCUT2D eigenvalue weighted by atomic mass is 9.87. The lowest BCUT2D eigenvalue weighted by Crippen LogP contribution is -2.35. The maximum atomic E-state index is 14.4. The molecule has 1 heterocycles. The predicted octanol–water partition coefficient (Wildman–Crippen LogP) is 6.40. The Morgan fingerprint density at radius 2 is 1.88 bits per heavy atom. The van der Waals surface area contributed by atoms with Crippen LogP contribution in [-0.2, 0) is 34.8 Å². The van der Waals surface area contributed by atoms with E-state index in [1.807, 2.05) is 59.1 Å². The van der Waals surface area contributed by atoms with Crippen LogP contribution in [-0.4, -0.2) is 23.9 Å². The van der Waals surface area contributed by atoms with Crippen LogP contribution in [0.25, 0.3) is 0 Å². The molecule has 42 heavy (non-hydrogen) atoms. The Bertz CT molecular complexity index is 1730. The first-order valence-corrected chi connectivity index (χ1v) is 16.2. The molecule has 2 aliphatic carbocycles. The Labute approximate surface area is 252 Å². The lowest BCUT2D eigenvalue weighted by molar-refractivity contribution is -0.120. The first-order valence-electron chi connectivity index (χ1n) is 14.3. The summed E-state index contributed by atoms with van der Waals surface area (Å²) in [5.41, 5.74) is 3.70. The lowest BCUT2D eigenvalue weighted by Gasteiger charge is -2.30. The van der Waals surface area contributed by atoms with E-state index in [4.69, 9.17) is 11.6 Å². The van der Waals surface area contributed by atoms with Crippen molar-refractivity contribution in [1.29, 1.82) is 0 Å². The summed E-state index contributed by atoms with van der Waals surface area (Å²) in [6, 6.07) is 22.1. The number of hydrogen-bond acceptors (Lipinski definition) is 4. The van der Waals surface area contributed by atoms with Gasteiger partial charge in [-0.15, -0.1) is 0 Å². The quantitative estimate of drug-likeness (QED) is 0.253. The number of rotatable bonds is 8. The van der Waals surface area contributed by atoms with Gasteiger partial charge in [0.25, 0.3) is 0 Å². The van der Waals surface area contributed by atoms with Crippen LogP contribution in [0.1, 0.15) is 61.2 Å². The van der Waals surface area contributed by atoms with E-state index in [0.29, 0.717) is 18.0 Å². The van der Waals surface area contributed by atoms with Crippen molar-refractivity contribution in [1.82, 2.24) is 14.3 Å². The molecular weight excluding hydrogens is 568 g/mol. The van der Waals surface area contributed by atoms with Gasteiger partial charge in [-0.1, -0.05) is 67.9 Å². The van der Waals surface area contributed by atoms with Crippen molar-refractivity contribution in [2.45, 2.75) is 56.5 Å². The Morgan fingerprint density at radius 3 is 2.60 bits per heavy atom. The normalized spacial score (nSPS) is 21.0. The van der Waals surface area contributed by atoms with Crippen LogP contribution in [0, 0.1) is 11.3 Å². The molecule has 218 valence electrons. The Morgan fingerprint density at radius 1 is 1.10 bits per heavy atom. The predicted molar refractivity (Wildman–Crippen MR) is 165 cm³/mol. The number of carbonyl (C=O) groups is 1. The number of aromatic nitrogens is 2. The molecule has 1 amide bonds.